The van der Waals surface area contributed by atoms with Gasteiger partial charge in [-0.25, -0.2) is 4.39 Å². The van der Waals surface area contributed by atoms with Crippen molar-refractivity contribution >= 4 is 29.1 Å². The third-order valence-electron chi connectivity index (χ3n) is 3.92. The number of para-hydroxylation sites is 1. The maximum absolute atomic E-state index is 14.1. The topological polar surface area (TPSA) is 49.4 Å². The highest BCUT2D eigenvalue weighted by molar-refractivity contribution is 6.34. The first-order valence-electron chi connectivity index (χ1n) is 7.11. The van der Waals surface area contributed by atoms with E-state index in [0.717, 1.165) is 5.56 Å². The Bertz CT molecular complexity index is 774. The number of likely N-dealkylation sites (N-methyl/N-ethyl adjacent to an activating group) is 1. The second-order valence-corrected chi connectivity index (χ2v) is 5.64. The molecule has 1 unspecified atom stereocenters. The van der Waals surface area contributed by atoms with E-state index in [0.29, 0.717) is 12.1 Å². The van der Waals surface area contributed by atoms with E-state index in [-0.39, 0.29) is 16.5 Å². The molecule has 4 nitrogen and oxygen atoms in total. The van der Waals surface area contributed by atoms with E-state index in [2.05, 4.69) is 5.32 Å². The summed E-state index contributed by atoms with van der Waals surface area (Å²) in [6.45, 7) is 0. The highest BCUT2D eigenvalue weighted by Gasteiger charge is 2.39. The van der Waals surface area contributed by atoms with Crippen LogP contribution in [0.25, 0.3) is 0 Å². The molecule has 1 atom stereocenters. The van der Waals surface area contributed by atoms with Crippen molar-refractivity contribution in [3.63, 3.8) is 0 Å². The van der Waals surface area contributed by atoms with E-state index in [1.165, 1.54) is 30.1 Å². The molecular weight excluding hydrogens is 319 g/mol. The van der Waals surface area contributed by atoms with Crippen molar-refractivity contribution in [2.75, 3.05) is 11.9 Å². The Morgan fingerprint density at radius 2 is 1.96 bits per heavy atom. The lowest BCUT2D eigenvalue weighted by molar-refractivity contribution is -0.121. The van der Waals surface area contributed by atoms with Crippen LogP contribution in [0.2, 0.25) is 5.02 Å². The molecule has 118 valence electrons. The number of anilines is 1. The fourth-order valence-electron chi connectivity index (χ4n) is 2.84. The molecule has 1 N–H and O–H groups in total. The number of nitrogens with zero attached hydrogens (tertiary/aromatic N) is 1. The van der Waals surface area contributed by atoms with Crippen molar-refractivity contribution in [1.29, 1.82) is 0 Å². The summed E-state index contributed by atoms with van der Waals surface area (Å²) >= 11 is 6.00. The van der Waals surface area contributed by atoms with Crippen LogP contribution in [-0.4, -0.2) is 24.9 Å². The largest absolute Gasteiger partial charge is 0.357 e. The Labute approximate surface area is 137 Å². The van der Waals surface area contributed by atoms with E-state index in [9.17, 15) is 14.0 Å². The van der Waals surface area contributed by atoms with Gasteiger partial charge in [-0.05, 0) is 23.8 Å². The third-order valence-corrected chi connectivity index (χ3v) is 4.24. The van der Waals surface area contributed by atoms with Crippen LogP contribution in [-0.2, 0) is 11.2 Å². The minimum atomic E-state index is -0.722. The van der Waals surface area contributed by atoms with E-state index in [1.54, 1.807) is 12.1 Å². The van der Waals surface area contributed by atoms with Gasteiger partial charge in [0, 0.05) is 19.2 Å². The molecule has 0 saturated carbocycles. The molecule has 1 heterocycles. The van der Waals surface area contributed by atoms with E-state index >= 15 is 0 Å². The van der Waals surface area contributed by atoms with Gasteiger partial charge in [0.2, 0.25) is 5.91 Å². The van der Waals surface area contributed by atoms with Crippen LogP contribution < -0.4 is 10.2 Å². The summed E-state index contributed by atoms with van der Waals surface area (Å²) in [4.78, 5) is 26.4. The lowest BCUT2D eigenvalue weighted by Crippen LogP contribution is -2.47. The minimum absolute atomic E-state index is 0.0232. The van der Waals surface area contributed by atoms with Crippen LogP contribution in [0.1, 0.15) is 15.9 Å². The smallest absolute Gasteiger partial charge is 0.263 e. The average Bonchev–Trinajstić information content (AvgIpc) is 2.93. The Kier molecular flexibility index (Phi) is 4.05. The first-order chi connectivity index (χ1) is 11.0. The molecule has 0 bridgehead atoms. The second-order valence-electron chi connectivity index (χ2n) is 5.23. The summed E-state index contributed by atoms with van der Waals surface area (Å²) in [5, 5.41) is 2.57. The second kappa shape index (κ2) is 6.01. The van der Waals surface area contributed by atoms with Gasteiger partial charge < -0.3 is 5.32 Å². The summed E-state index contributed by atoms with van der Waals surface area (Å²) in [5.74, 6) is -1.63. The molecule has 2 aromatic carbocycles. The molecule has 6 heteroatoms. The van der Waals surface area contributed by atoms with E-state index in [4.69, 9.17) is 11.6 Å². The molecule has 3 rings (SSSR count). The van der Waals surface area contributed by atoms with Gasteiger partial charge in [-0.1, -0.05) is 35.9 Å². The zero-order chi connectivity index (χ0) is 16.6. The van der Waals surface area contributed by atoms with Crippen LogP contribution >= 0.6 is 11.6 Å². The molecule has 0 aromatic heterocycles. The maximum atomic E-state index is 14.1. The van der Waals surface area contributed by atoms with Crippen LogP contribution in [0.5, 0.6) is 0 Å². The normalized spacial score (nSPS) is 16.1. The van der Waals surface area contributed by atoms with Gasteiger partial charge in [0.15, 0.2) is 0 Å². The van der Waals surface area contributed by atoms with Crippen molar-refractivity contribution in [2.24, 2.45) is 0 Å². The number of hydrogen-bond acceptors (Lipinski definition) is 2. The predicted octanol–water partition coefficient (Wildman–Crippen LogP) is 2.80. The van der Waals surface area contributed by atoms with Crippen LogP contribution in [0.4, 0.5) is 10.1 Å². The Balaban J connectivity index is 2.11. The molecule has 2 aromatic rings. The molecule has 0 radical (unpaired) electrons. The molecule has 0 aliphatic carbocycles. The zero-order valence-electron chi connectivity index (χ0n) is 12.3. The van der Waals surface area contributed by atoms with Gasteiger partial charge in [0.1, 0.15) is 11.9 Å². The van der Waals surface area contributed by atoms with Gasteiger partial charge in [0.25, 0.3) is 5.91 Å². The lowest BCUT2D eigenvalue weighted by Gasteiger charge is -2.25. The lowest BCUT2D eigenvalue weighted by atomic mass is 10.1. The summed E-state index contributed by atoms with van der Waals surface area (Å²) in [6, 6.07) is 10.5. The fraction of sp³-hybridized carbons (Fsp3) is 0.176. The number of fused-ring (bicyclic) bond motifs is 1. The number of carbonyl (C=O) groups is 2. The monoisotopic (exact) mass is 332 g/mol. The summed E-state index contributed by atoms with van der Waals surface area (Å²) < 4.78 is 14.1. The number of amides is 2. The van der Waals surface area contributed by atoms with Crippen LogP contribution in [0.3, 0.4) is 0 Å². The number of carbonyl (C=O) groups excluding carboxylic acids is 2. The van der Waals surface area contributed by atoms with Gasteiger partial charge in [-0.3, -0.25) is 14.5 Å². The quantitative estimate of drug-likeness (QED) is 0.919. The first-order valence-corrected chi connectivity index (χ1v) is 7.49. The molecular formula is C17H14ClFN2O2. The van der Waals surface area contributed by atoms with Gasteiger partial charge >= 0.3 is 0 Å². The number of rotatable bonds is 2. The summed E-state index contributed by atoms with van der Waals surface area (Å²) in [5.41, 5.74) is 1.24. The zero-order valence-corrected chi connectivity index (χ0v) is 13.1. The SMILES string of the molecule is CNC(=O)C1Cc2ccccc2N1C(=O)c1c(F)cccc1Cl. The minimum Gasteiger partial charge on any atom is -0.357 e. The van der Waals surface area contributed by atoms with Gasteiger partial charge in [-0.15, -0.1) is 0 Å². The third kappa shape index (κ3) is 2.57. The van der Waals surface area contributed by atoms with Crippen molar-refractivity contribution in [1.82, 2.24) is 5.32 Å². The molecule has 0 saturated heterocycles. The Morgan fingerprint density at radius 3 is 2.65 bits per heavy atom. The van der Waals surface area contributed by atoms with E-state index < -0.39 is 17.8 Å². The summed E-state index contributed by atoms with van der Waals surface area (Å²) in [7, 11) is 1.50. The summed E-state index contributed by atoms with van der Waals surface area (Å²) in [6.07, 6.45) is 0.383. The van der Waals surface area contributed by atoms with Gasteiger partial charge in [-0.2, -0.15) is 0 Å². The van der Waals surface area contributed by atoms with Crippen LogP contribution in [0.15, 0.2) is 42.5 Å². The average molecular weight is 333 g/mol. The number of hydrogen-bond donors (Lipinski definition) is 1. The van der Waals surface area contributed by atoms with Crippen molar-refractivity contribution in [3.8, 4) is 0 Å². The first kappa shape index (κ1) is 15.5. The molecule has 0 fully saturated rings. The van der Waals surface area contributed by atoms with Crippen LogP contribution in [0, 0.1) is 5.82 Å². The molecule has 0 spiro atoms. The van der Waals surface area contributed by atoms with Crippen molar-refractivity contribution in [3.05, 3.63) is 64.4 Å². The number of nitrogens with one attached hydrogen (secondary N) is 1. The standard InChI is InChI=1S/C17H14ClFN2O2/c1-20-16(22)14-9-10-5-2-3-8-13(10)21(14)17(23)15-11(18)6-4-7-12(15)19/h2-8,14H,9H2,1H3,(H,20,22). The number of benzene rings is 2. The Morgan fingerprint density at radius 1 is 1.22 bits per heavy atom. The maximum Gasteiger partial charge on any atom is 0.263 e. The van der Waals surface area contributed by atoms with Crippen molar-refractivity contribution in [2.45, 2.75) is 12.5 Å². The molecule has 23 heavy (non-hydrogen) atoms. The highest BCUT2D eigenvalue weighted by atomic mass is 35.5. The molecule has 2 amide bonds. The van der Waals surface area contributed by atoms with E-state index in [1.807, 2.05) is 12.1 Å². The number of halogens is 2. The van der Waals surface area contributed by atoms with Crippen molar-refractivity contribution < 1.29 is 14.0 Å². The van der Waals surface area contributed by atoms with Gasteiger partial charge in [0.05, 0.1) is 10.6 Å². The molecule has 1 aliphatic rings. The Hall–Kier alpha value is -2.40. The highest BCUT2D eigenvalue weighted by Crippen LogP contribution is 2.35. The molecule has 1 aliphatic heterocycles. The fourth-order valence-corrected chi connectivity index (χ4v) is 3.08. The predicted molar refractivity (Wildman–Crippen MR) is 86.2 cm³/mol.